The molecule has 0 fully saturated rings. The van der Waals surface area contributed by atoms with Crippen molar-refractivity contribution in [2.75, 3.05) is 0 Å². The first-order chi connectivity index (χ1) is 5.63. The highest BCUT2D eigenvalue weighted by Gasteiger charge is 1.97. The molecule has 0 saturated heterocycles. The number of hydrogen-bond acceptors (Lipinski definition) is 1. The second-order valence-corrected chi connectivity index (χ2v) is 3.21. The predicted molar refractivity (Wildman–Crippen MR) is 60.9 cm³/mol. The highest BCUT2D eigenvalue weighted by Crippen LogP contribution is 1.99. The van der Waals surface area contributed by atoms with E-state index in [1.807, 2.05) is 62.7 Å². The van der Waals surface area contributed by atoms with Crippen molar-refractivity contribution in [1.29, 1.82) is 0 Å². The second kappa shape index (κ2) is 5.35. The number of aromatic nitrogens is 1. The summed E-state index contributed by atoms with van der Waals surface area (Å²) < 4.78 is 1.62. The molecule has 0 radical (unpaired) electrons. The smallest absolute Gasteiger partial charge is 0.262 e. The van der Waals surface area contributed by atoms with E-state index in [9.17, 15) is 4.79 Å². The van der Waals surface area contributed by atoms with Gasteiger partial charge >= 0.3 is 0 Å². The molecule has 3 heteroatoms. The first-order valence-corrected chi connectivity index (χ1v) is 4.95. The van der Waals surface area contributed by atoms with Gasteiger partial charge in [-0.1, -0.05) is 19.9 Å². The Hall–Kier alpha value is -0.320. The molecule has 0 aliphatic heterocycles. The average molecular weight is 279 g/mol. The van der Waals surface area contributed by atoms with Crippen molar-refractivity contribution in [2.45, 2.75) is 27.7 Å². The van der Waals surface area contributed by atoms with Crippen molar-refractivity contribution in [2.24, 2.45) is 0 Å². The normalized spacial score (nSPS) is 8.75. The van der Waals surface area contributed by atoms with Crippen LogP contribution in [0.4, 0.5) is 0 Å². The van der Waals surface area contributed by atoms with Gasteiger partial charge in [0.25, 0.3) is 5.56 Å². The van der Waals surface area contributed by atoms with Gasteiger partial charge in [-0.3, -0.25) is 7.58 Å². The van der Waals surface area contributed by atoms with Gasteiger partial charge < -0.3 is 0 Å². The van der Waals surface area contributed by atoms with E-state index in [4.69, 9.17) is 0 Å². The van der Waals surface area contributed by atoms with E-state index in [2.05, 4.69) is 0 Å². The summed E-state index contributed by atoms with van der Waals surface area (Å²) in [6.07, 6.45) is 0. The van der Waals surface area contributed by atoms with Crippen LogP contribution in [0.5, 0.6) is 0 Å². The molecule has 1 aromatic heterocycles. The zero-order chi connectivity index (χ0) is 9.72. The summed E-state index contributed by atoms with van der Waals surface area (Å²) in [6.45, 7) is 7.73. The fraction of sp³-hybridized carbons (Fsp3) is 0.444. The molecule has 2 nitrogen and oxygen atoms in total. The number of pyridine rings is 1. The third kappa shape index (κ3) is 2.62. The molecule has 0 N–H and O–H groups in total. The Morgan fingerprint density at radius 3 is 2.17 bits per heavy atom. The van der Waals surface area contributed by atoms with Gasteiger partial charge in [0.15, 0.2) is 0 Å². The lowest BCUT2D eigenvalue weighted by atomic mass is 10.3. The van der Waals surface area contributed by atoms with Crippen molar-refractivity contribution in [3.05, 3.63) is 33.7 Å². The number of nitrogens with zero attached hydrogens (tertiary/aromatic N) is 1. The van der Waals surface area contributed by atoms with E-state index in [0.717, 1.165) is 11.3 Å². The fourth-order valence-corrected chi connectivity index (χ4v) is 1.24. The minimum atomic E-state index is 0.0839. The quantitative estimate of drug-likeness (QED) is 0.669. The molecule has 0 aromatic carbocycles. The highest BCUT2D eigenvalue weighted by atomic mass is 127. The van der Waals surface area contributed by atoms with Crippen LogP contribution in [0.2, 0.25) is 0 Å². The molecule has 1 heterocycles. The second-order valence-electron chi connectivity index (χ2n) is 2.24. The Morgan fingerprint density at radius 2 is 1.75 bits per heavy atom. The van der Waals surface area contributed by atoms with Crippen molar-refractivity contribution in [3.8, 4) is 0 Å². The monoisotopic (exact) mass is 279 g/mol. The molecule has 0 atom stereocenters. The van der Waals surface area contributed by atoms with Gasteiger partial charge in [0, 0.05) is 11.3 Å². The van der Waals surface area contributed by atoms with Gasteiger partial charge in [-0.15, -0.1) is 0 Å². The Morgan fingerprint density at radius 1 is 1.25 bits per heavy atom. The van der Waals surface area contributed by atoms with E-state index in [1.165, 1.54) is 0 Å². The first kappa shape index (κ1) is 11.7. The molecule has 0 amide bonds. The summed E-state index contributed by atoms with van der Waals surface area (Å²) >= 11 is 2.00. The van der Waals surface area contributed by atoms with Crippen LogP contribution in [0.1, 0.15) is 25.1 Å². The van der Waals surface area contributed by atoms with Gasteiger partial charge in [-0.2, -0.15) is 0 Å². The fourth-order valence-electron chi connectivity index (χ4n) is 0.697. The van der Waals surface area contributed by atoms with Gasteiger partial charge in [-0.25, -0.2) is 0 Å². The average Bonchev–Trinajstić information content (AvgIpc) is 2.12. The number of rotatable bonds is 0. The van der Waals surface area contributed by atoms with Crippen LogP contribution >= 0.6 is 22.9 Å². The highest BCUT2D eigenvalue weighted by molar-refractivity contribution is 14.1. The summed E-state index contributed by atoms with van der Waals surface area (Å²) in [7, 11) is 0. The molecule has 12 heavy (non-hydrogen) atoms. The third-order valence-electron chi connectivity index (χ3n) is 1.40. The lowest BCUT2D eigenvalue weighted by Gasteiger charge is -1.99. The maximum absolute atomic E-state index is 11.1. The zero-order valence-corrected chi connectivity index (χ0v) is 10.0. The summed E-state index contributed by atoms with van der Waals surface area (Å²) in [5.74, 6) is 0. The molecule has 68 valence electrons. The van der Waals surface area contributed by atoms with E-state index < -0.39 is 0 Å². The summed E-state index contributed by atoms with van der Waals surface area (Å²) in [6, 6.07) is 3.77. The SMILES string of the molecule is CC.Cc1ccc(C)n(I)c1=O. The Bertz CT molecular complexity index is 304. The molecule has 0 saturated carbocycles. The number of aryl methyl sites for hydroxylation is 2. The first-order valence-electron chi connectivity index (χ1n) is 3.98. The molecule has 0 unspecified atom stereocenters. The van der Waals surface area contributed by atoms with Crippen molar-refractivity contribution < 1.29 is 0 Å². The molecule has 0 aliphatic carbocycles. The largest absolute Gasteiger partial charge is 0.268 e. The van der Waals surface area contributed by atoms with Gasteiger partial charge in [0.1, 0.15) is 0 Å². The Kier molecular flexibility index (Phi) is 5.20. The third-order valence-corrected chi connectivity index (χ3v) is 2.60. The number of halogens is 1. The van der Waals surface area contributed by atoms with Crippen LogP contribution in [0, 0.1) is 13.8 Å². The summed E-state index contributed by atoms with van der Waals surface area (Å²) in [5, 5.41) is 0. The van der Waals surface area contributed by atoms with Crippen molar-refractivity contribution >= 4 is 22.9 Å². The standard InChI is InChI=1S/C7H8INO.C2H6/c1-5-3-4-6(2)9(8)7(5)10;1-2/h3-4H,1-2H3;1-2H3. The maximum Gasteiger partial charge on any atom is 0.262 e. The molecular formula is C9H14INO. The van der Waals surface area contributed by atoms with E-state index in [-0.39, 0.29) is 5.56 Å². The van der Waals surface area contributed by atoms with Gasteiger partial charge in [-0.05, 0) is 19.9 Å². The van der Waals surface area contributed by atoms with Crippen molar-refractivity contribution in [1.82, 2.24) is 2.78 Å². The predicted octanol–water partition coefficient (Wildman–Crippen LogP) is 2.69. The van der Waals surface area contributed by atoms with Gasteiger partial charge in [0.2, 0.25) is 0 Å². The summed E-state index contributed by atoms with van der Waals surface area (Å²) in [4.78, 5) is 11.1. The van der Waals surface area contributed by atoms with Crippen LogP contribution in [-0.4, -0.2) is 2.78 Å². The van der Waals surface area contributed by atoms with E-state index in [0.29, 0.717) is 0 Å². The Labute approximate surface area is 87.1 Å². The lowest BCUT2D eigenvalue weighted by molar-refractivity contribution is 1.08. The minimum Gasteiger partial charge on any atom is -0.268 e. The van der Waals surface area contributed by atoms with Crippen LogP contribution in [0.25, 0.3) is 0 Å². The van der Waals surface area contributed by atoms with Gasteiger partial charge in [0.05, 0.1) is 22.9 Å². The molecule has 0 aliphatic rings. The zero-order valence-electron chi connectivity index (χ0n) is 7.89. The van der Waals surface area contributed by atoms with E-state index >= 15 is 0 Å². The molecule has 1 rings (SSSR count). The van der Waals surface area contributed by atoms with E-state index in [1.54, 1.807) is 2.78 Å². The van der Waals surface area contributed by atoms with Crippen molar-refractivity contribution in [3.63, 3.8) is 0 Å². The summed E-state index contributed by atoms with van der Waals surface area (Å²) in [5.41, 5.74) is 1.86. The molecule has 0 spiro atoms. The van der Waals surface area contributed by atoms with Crippen LogP contribution < -0.4 is 5.56 Å². The maximum atomic E-state index is 11.1. The van der Waals surface area contributed by atoms with Crippen LogP contribution in [-0.2, 0) is 0 Å². The minimum absolute atomic E-state index is 0.0839. The molecule has 0 bridgehead atoms. The molecule has 1 aromatic rings. The number of hydrogen-bond donors (Lipinski definition) is 0. The topological polar surface area (TPSA) is 22.0 Å². The van der Waals surface area contributed by atoms with Crippen LogP contribution in [0.3, 0.4) is 0 Å². The van der Waals surface area contributed by atoms with Crippen LogP contribution in [0.15, 0.2) is 16.9 Å². The lowest BCUT2D eigenvalue weighted by Crippen LogP contribution is -2.15. The Balaban J connectivity index is 0.000000561. The molecular weight excluding hydrogens is 265 g/mol.